The van der Waals surface area contributed by atoms with Gasteiger partial charge in [0.1, 0.15) is 0 Å². The molecule has 19 heavy (non-hydrogen) atoms. The van der Waals surface area contributed by atoms with Crippen LogP contribution in [0.5, 0.6) is 0 Å². The van der Waals surface area contributed by atoms with Crippen molar-refractivity contribution in [2.45, 2.75) is 24.6 Å². The maximum absolute atomic E-state index is 12.3. The molecule has 1 fully saturated rings. The molecule has 104 valence electrons. The molecule has 1 saturated heterocycles. The zero-order valence-corrected chi connectivity index (χ0v) is 10.3. The quantitative estimate of drug-likeness (QED) is 0.850. The van der Waals surface area contributed by atoms with Gasteiger partial charge in [-0.25, -0.2) is 0 Å². The summed E-state index contributed by atoms with van der Waals surface area (Å²) in [5.41, 5.74) is 6.48. The van der Waals surface area contributed by atoms with Gasteiger partial charge in [-0.3, -0.25) is 4.79 Å². The van der Waals surface area contributed by atoms with E-state index in [9.17, 15) is 18.0 Å². The lowest BCUT2D eigenvalue weighted by atomic mass is 9.82. The van der Waals surface area contributed by atoms with E-state index in [0.717, 1.165) is 10.5 Å². The van der Waals surface area contributed by atoms with Crippen molar-refractivity contribution in [1.29, 1.82) is 0 Å². The Kier molecular flexibility index (Phi) is 3.54. The second-order valence-electron chi connectivity index (χ2n) is 4.81. The minimum Gasteiger partial charge on any atom is -0.335 e. The van der Waals surface area contributed by atoms with Crippen molar-refractivity contribution in [3.8, 4) is 0 Å². The molecule has 0 aliphatic carbocycles. The lowest BCUT2D eigenvalue weighted by Gasteiger charge is -2.39. The van der Waals surface area contributed by atoms with Gasteiger partial charge in [-0.05, 0) is 18.4 Å². The van der Waals surface area contributed by atoms with Crippen LogP contribution in [0.1, 0.15) is 18.4 Å². The van der Waals surface area contributed by atoms with Gasteiger partial charge in [0.2, 0.25) is 0 Å². The standard InChI is InChI=1S/C13H15F3N2O/c14-13(15,16)11(19)18-8-6-12(17,7-9-18)10-4-2-1-3-5-10/h1-5H,6-9,17H2. The number of amides is 1. The summed E-state index contributed by atoms with van der Waals surface area (Å²) < 4.78 is 37.0. The first-order valence-electron chi connectivity index (χ1n) is 6.03. The number of nitrogens with two attached hydrogens (primary N) is 1. The maximum Gasteiger partial charge on any atom is 0.471 e. The zero-order valence-electron chi connectivity index (χ0n) is 10.3. The summed E-state index contributed by atoms with van der Waals surface area (Å²) >= 11 is 0. The minimum absolute atomic E-state index is 0.0315. The normalized spacial score (nSPS) is 19.3. The highest BCUT2D eigenvalue weighted by molar-refractivity contribution is 5.82. The van der Waals surface area contributed by atoms with Gasteiger partial charge in [-0.1, -0.05) is 30.3 Å². The molecule has 1 aliphatic heterocycles. The number of rotatable bonds is 1. The predicted octanol–water partition coefficient (Wildman–Crippen LogP) is 2.03. The Morgan fingerprint density at radius 2 is 1.68 bits per heavy atom. The molecule has 0 spiro atoms. The number of hydrogen-bond donors (Lipinski definition) is 1. The summed E-state index contributed by atoms with van der Waals surface area (Å²) in [4.78, 5) is 12.0. The van der Waals surface area contributed by atoms with Crippen LogP contribution < -0.4 is 5.73 Å². The molecular formula is C13H15F3N2O. The molecule has 1 aromatic carbocycles. The predicted molar refractivity (Wildman–Crippen MR) is 64.2 cm³/mol. The van der Waals surface area contributed by atoms with Crippen molar-refractivity contribution in [2.24, 2.45) is 5.73 Å². The van der Waals surface area contributed by atoms with Gasteiger partial charge in [-0.2, -0.15) is 13.2 Å². The third-order valence-corrected chi connectivity index (χ3v) is 3.53. The van der Waals surface area contributed by atoms with E-state index in [4.69, 9.17) is 5.73 Å². The number of benzene rings is 1. The van der Waals surface area contributed by atoms with Gasteiger partial charge in [0.05, 0.1) is 0 Å². The smallest absolute Gasteiger partial charge is 0.335 e. The van der Waals surface area contributed by atoms with Crippen molar-refractivity contribution in [3.05, 3.63) is 35.9 Å². The molecule has 2 rings (SSSR count). The van der Waals surface area contributed by atoms with E-state index in [-0.39, 0.29) is 13.1 Å². The topological polar surface area (TPSA) is 46.3 Å². The number of nitrogens with zero attached hydrogens (tertiary/aromatic N) is 1. The summed E-state index contributed by atoms with van der Waals surface area (Å²) in [6.07, 6.45) is -4.14. The molecule has 3 nitrogen and oxygen atoms in total. The van der Waals surface area contributed by atoms with Gasteiger partial charge < -0.3 is 10.6 Å². The van der Waals surface area contributed by atoms with Crippen molar-refractivity contribution in [2.75, 3.05) is 13.1 Å². The van der Waals surface area contributed by atoms with Gasteiger partial charge in [0.25, 0.3) is 0 Å². The van der Waals surface area contributed by atoms with Gasteiger partial charge in [0, 0.05) is 18.6 Å². The Balaban J connectivity index is 2.05. The van der Waals surface area contributed by atoms with E-state index in [0.29, 0.717) is 12.8 Å². The first kappa shape index (κ1) is 13.9. The third kappa shape index (κ3) is 2.89. The van der Waals surface area contributed by atoms with E-state index in [1.54, 1.807) is 0 Å². The van der Waals surface area contributed by atoms with Crippen LogP contribution in [0, 0.1) is 0 Å². The fraction of sp³-hybridized carbons (Fsp3) is 0.462. The van der Waals surface area contributed by atoms with Gasteiger partial charge in [0.15, 0.2) is 0 Å². The highest BCUT2D eigenvalue weighted by atomic mass is 19.4. The summed E-state index contributed by atoms with van der Waals surface area (Å²) in [6.45, 7) is 0.0630. The Bertz CT molecular complexity index is 451. The number of alkyl halides is 3. The summed E-state index contributed by atoms with van der Waals surface area (Å²) in [6, 6.07) is 9.27. The van der Waals surface area contributed by atoms with Crippen LogP contribution in [0.15, 0.2) is 30.3 Å². The van der Waals surface area contributed by atoms with Gasteiger partial charge >= 0.3 is 12.1 Å². The molecule has 1 amide bonds. The monoisotopic (exact) mass is 272 g/mol. The number of halogens is 3. The zero-order chi connectivity index (χ0) is 14.1. The molecule has 6 heteroatoms. The van der Waals surface area contributed by atoms with Crippen molar-refractivity contribution < 1.29 is 18.0 Å². The Hall–Kier alpha value is -1.56. The third-order valence-electron chi connectivity index (χ3n) is 3.53. The Morgan fingerprint density at radius 3 is 2.16 bits per heavy atom. The minimum atomic E-state index is -4.80. The number of carbonyl (C=O) groups is 1. The van der Waals surface area contributed by atoms with E-state index in [2.05, 4.69) is 0 Å². The molecule has 0 atom stereocenters. The van der Waals surface area contributed by atoms with E-state index < -0.39 is 17.6 Å². The van der Waals surface area contributed by atoms with Crippen molar-refractivity contribution in [1.82, 2.24) is 4.90 Å². The first-order valence-corrected chi connectivity index (χ1v) is 6.03. The van der Waals surface area contributed by atoms with Crippen LogP contribution in [0.3, 0.4) is 0 Å². The molecular weight excluding hydrogens is 257 g/mol. The van der Waals surface area contributed by atoms with Crippen molar-refractivity contribution in [3.63, 3.8) is 0 Å². The number of piperidine rings is 1. The largest absolute Gasteiger partial charge is 0.471 e. The van der Waals surface area contributed by atoms with Crippen LogP contribution in [0.2, 0.25) is 0 Å². The fourth-order valence-corrected chi connectivity index (χ4v) is 2.35. The molecule has 2 N–H and O–H groups in total. The first-order chi connectivity index (χ1) is 8.83. The number of carbonyl (C=O) groups excluding carboxylic acids is 1. The Labute approximate surface area is 109 Å². The molecule has 0 radical (unpaired) electrons. The fourth-order valence-electron chi connectivity index (χ4n) is 2.35. The van der Waals surface area contributed by atoms with Gasteiger partial charge in [-0.15, -0.1) is 0 Å². The summed E-state index contributed by atoms with van der Waals surface area (Å²) in [7, 11) is 0. The molecule has 0 saturated carbocycles. The maximum atomic E-state index is 12.3. The van der Waals surface area contributed by atoms with E-state index >= 15 is 0 Å². The van der Waals surface area contributed by atoms with Crippen LogP contribution in [0.25, 0.3) is 0 Å². The molecule has 0 unspecified atom stereocenters. The highest BCUT2D eigenvalue weighted by Crippen LogP contribution is 2.31. The van der Waals surface area contributed by atoms with E-state index in [1.807, 2.05) is 30.3 Å². The lowest BCUT2D eigenvalue weighted by molar-refractivity contribution is -0.186. The average Bonchev–Trinajstić information content (AvgIpc) is 2.39. The average molecular weight is 272 g/mol. The van der Waals surface area contributed by atoms with Crippen molar-refractivity contribution >= 4 is 5.91 Å². The van der Waals surface area contributed by atoms with Crippen LogP contribution >= 0.6 is 0 Å². The summed E-state index contributed by atoms with van der Waals surface area (Å²) in [5.74, 6) is -1.78. The molecule has 0 bridgehead atoms. The molecule has 0 aromatic heterocycles. The van der Waals surface area contributed by atoms with Crippen LogP contribution in [-0.2, 0) is 10.3 Å². The van der Waals surface area contributed by atoms with Crippen LogP contribution in [-0.4, -0.2) is 30.1 Å². The Morgan fingerprint density at radius 1 is 1.16 bits per heavy atom. The highest BCUT2D eigenvalue weighted by Gasteiger charge is 2.45. The molecule has 1 heterocycles. The summed E-state index contributed by atoms with van der Waals surface area (Å²) in [5, 5.41) is 0. The second kappa shape index (κ2) is 4.85. The SMILES string of the molecule is NC1(c2ccccc2)CCN(C(=O)C(F)(F)F)CC1. The number of likely N-dealkylation sites (tertiary alicyclic amines) is 1. The van der Waals surface area contributed by atoms with E-state index in [1.165, 1.54) is 0 Å². The molecule has 1 aliphatic rings. The number of hydrogen-bond acceptors (Lipinski definition) is 2. The van der Waals surface area contributed by atoms with Crippen LogP contribution in [0.4, 0.5) is 13.2 Å². The lowest BCUT2D eigenvalue weighted by Crippen LogP contribution is -2.52. The second-order valence-corrected chi connectivity index (χ2v) is 4.81. The molecule has 1 aromatic rings.